The zero-order chi connectivity index (χ0) is 20.8. The van der Waals surface area contributed by atoms with Crippen LogP contribution in [0.15, 0.2) is 36.4 Å². The van der Waals surface area contributed by atoms with E-state index >= 15 is 0 Å². The van der Waals surface area contributed by atoms with Crippen molar-refractivity contribution in [3.05, 3.63) is 46.5 Å². The van der Waals surface area contributed by atoms with E-state index in [1.807, 2.05) is 6.92 Å². The molecule has 6 atom stereocenters. The van der Waals surface area contributed by atoms with Gasteiger partial charge in [0.1, 0.15) is 17.4 Å². The molecule has 2 heterocycles. The molecule has 4 aliphatic rings. The molecule has 29 heavy (non-hydrogen) atoms. The molecule has 2 aliphatic carbocycles. The van der Waals surface area contributed by atoms with E-state index in [0.717, 1.165) is 0 Å². The zero-order valence-corrected chi connectivity index (χ0v) is 16.2. The van der Waals surface area contributed by atoms with Crippen molar-refractivity contribution in [3.8, 4) is 0 Å². The number of ketones is 1. The van der Waals surface area contributed by atoms with Crippen molar-refractivity contribution in [2.75, 3.05) is 11.4 Å². The molecule has 1 unspecified atom stereocenters. The van der Waals surface area contributed by atoms with Gasteiger partial charge in [-0.1, -0.05) is 19.1 Å². The molecule has 5 rings (SSSR count). The van der Waals surface area contributed by atoms with Crippen LogP contribution in [-0.2, 0) is 14.3 Å². The average Bonchev–Trinajstić information content (AvgIpc) is 3.33. The van der Waals surface area contributed by atoms with Crippen molar-refractivity contribution < 1.29 is 24.4 Å². The van der Waals surface area contributed by atoms with Gasteiger partial charge in [-0.2, -0.15) is 0 Å². The standard InChI is InChI=1S/C21H22N2O6/c1-12-7-8-13-17(19(2)16(24)9-10-21(12,19)26)29-18(25)20(13)11-22(20)14-5-3-4-6-15(14)23(27)28/h3-6,9-10,12-13,17,26H,7-8,11H2,1-2H3/t12-,13+,17+,19-,20?,21-,22?/m0/s1. The summed E-state index contributed by atoms with van der Waals surface area (Å²) in [5.74, 6) is -1.23. The highest BCUT2D eigenvalue weighted by atomic mass is 16.6. The van der Waals surface area contributed by atoms with E-state index in [1.54, 1.807) is 36.1 Å². The third-order valence-corrected chi connectivity index (χ3v) is 7.78. The lowest BCUT2D eigenvalue weighted by atomic mass is 9.64. The maximum absolute atomic E-state index is 13.1. The van der Waals surface area contributed by atoms with Crippen LogP contribution in [0.4, 0.5) is 11.4 Å². The van der Waals surface area contributed by atoms with E-state index in [1.165, 1.54) is 12.1 Å². The molecule has 0 amide bonds. The summed E-state index contributed by atoms with van der Waals surface area (Å²) in [5, 5.41) is 22.9. The Morgan fingerprint density at radius 2 is 2.00 bits per heavy atom. The van der Waals surface area contributed by atoms with Crippen LogP contribution in [0.2, 0.25) is 0 Å². The third-order valence-electron chi connectivity index (χ3n) is 7.78. The Labute approximate surface area is 167 Å². The summed E-state index contributed by atoms with van der Waals surface area (Å²) in [7, 11) is 0. The quantitative estimate of drug-likeness (QED) is 0.351. The van der Waals surface area contributed by atoms with Gasteiger partial charge in [-0.3, -0.25) is 14.9 Å². The number of benzene rings is 1. The van der Waals surface area contributed by atoms with Crippen LogP contribution in [0.25, 0.3) is 0 Å². The summed E-state index contributed by atoms with van der Waals surface area (Å²) in [6.07, 6.45) is 3.38. The molecule has 1 aromatic rings. The maximum Gasteiger partial charge on any atom is 0.334 e. The number of anilines is 1. The zero-order valence-electron chi connectivity index (χ0n) is 16.2. The normalized spacial score (nSPS) is 42.4. The van der Waals surface area contributed by atoms with E-state index < -0.39 is 33.6 Å². The number of carbonyl (C=O) groups excluding carboxylic acids is 2. The van der Waals surface area contributed by atoms with Gasteiger partial charge in [0.25, 0.3) is 5.69 Å². The molecule has 0 bridgehead atoms. The summed E-state index contributed by atoms with van der Waals surface area (Å²) >= 11 is 0. The smallest absolute Gasteiger partial charge is 0.334 e. The van der Waals surface area contributed by atoms with Gasteiger partial charge >= 0.3 is 5.97 Å². The molecule has 8 nitrogen and oxygen atoms in total. The van der Waals surface area contributed by atoms with Gasteiger partial charge < -0.3 is 14.7 Å². The Kier molecular flexibility index (Phi) is 3.43. The van der Waals surface area contributed by atoms with E-state index in [0.29, 0.717) is 25.1 Å². The molecule has 0 radical (unpaired) electrons. The van der Waals surface area contributed by atoms with Gasteiger partial charge in [-0.05, 0) is 43.9 Å². The number of rotatable bonds is 2. The first kappa shape index (κ1) is 18.3. The number of carbonyl (C=O) groups is 2. The Bertz CT molecular complexity index is 991. The minimum atomic E-state index is -1.38. The lowest BCUT2D eigenvalue weighted by Gasteiger charge is -2.43. The fraction of sp³-hybridized carbons (Fsp3) is 0.524. The molecular weight excluding hydrogens is 376 g/mol. The molecule has 0 aromatic heterocycles. The molecule has 1 spiro atoms. The van der Waals surface area contributed by atoms with E-state index in [9.17, 15) is 24.8 Å². The Hall–Kier alpha value is -2.74. The molecule has 3 fully saturated rings. The number of ether oxygens (including phenoxy) is 1. The SMILES string of the molecule is C[C@H]1CC[C@@H]2[C@@H](OC(=O)C23CN3c2ccccc2[N+](=O)[O-])[C@]2(C)C(=O)C=C[C@]12O. The number of esters is 1. The summed E-state index contributed by atoms with van der Waals surface area (Å²) in [4.78, 5) is 38.7. The number of aliphatic hydroxyl groups is 1. The minimum Gasteiger partial charge on any atom is -0.459 e. The second kappa shape index (κ2) is 5.44. The second-order valence-electron chi connectivity index (χ2n) is 8.89. The van der Waals surface area contributed by atoms with Crippen LogP contribution < -0.4 is 4.90 Å². The number of para-hydroxylation sites is 2. The molecule has 1 N–H and O–H groups in total. The van der Waals surface area contributed by atoms with Crippen LogP contribution >= 0.6 is 0 Å². The Morgan fingerprint density at radius 1 is 1.28 bits per heavy atom. The molecular formula is C21H22N2O6. The monoisotopic (exact) mass is 398 g/mol. The van der Waals surface area contributed by atoms with Crippen LogP contribution in [0.1, 0.15) is 26.7 Å². The number of hydrogen-bond donors (Lipinski definition) is 1. The summed E-state index contributed by atoms with van der Waals surface area (Å²) in [6.45, 7) is 3.89. The van der Waals surface area contributed by atoms with Crippen molar-refractivity contribution in [1.82, 2.24) is 0 Å². The molecule has 2 aliphatic heterocycles. The van der Waals surface area contributed by atoms with Gasteiger partial charge in [0, 0.05) is 12.0 Å². The number of allylic oxidation sites excluding steroid dienone is 1. The molecule has 1 saturated carbocycles. The lowest BCUT2D eigenvalue weighted by Crippen LogP contribution is -2.57. The predicted octanol–water partition coefficient (Wildman–Crippen LogP) is 2.00. The van der Waals surface area contributed by atoms with Gasteiger partial charge in [0.2, 0.25) is 0 Å². The summed E-state index contributed by atoms with van der Waals surface area (Å²) < 4.78 is 5.80. The molecule has 1 aromatic carbocycles. The summed E-state index contributed by atoms with van der Waals surface area (Å²) in [5.41, 5.74) is -3.35. The van der Waals surface area contributed by atoms with E-state index in [-0.39, 0.29) is 23.3 Å². The fourth-order valence-electron chi connectivity index (χ4n) is 5.90. The number of nitrogens with zero attached hydrogens (tertiary/aromatic N) is 2. The van der Waals surface area contributed by atoms with E-state index in [2.05, 4.69) is 0 Å². The van der Waals surface area contributed by atoms with Crippen LogP contribution in [-0.4, -0.2) is 45.6 Å². The summed E-state index contributed by atoms with van der Waals surface area (Å²) in [6, 6.07) is 6.34. The highest BCUT2D eigenvalue weighted by molar-refractivity contribution is 6.02. The highest BCUT2D eigenvalue weighted by Crippen LogP contribution is 2.62. The van der Waals surface area contributed by atoms with Crippen molar-refractivity contribution in [2.45, 2.75) is 43.9 Å². The number of nitro benzene ring substituents is 1. The van der Waals surface area contributed by atoms with Gasteiger partial charge in [-0.15, -0.1) is 0 Å². The fourth-order valence-corrected chi connectivity index (χ4v) is 5.90. The van der Waals surface area contributed by atoms with Crippen LogP contribution in [0.5, 0.6) is 0 Å². The second-order valence-corrected chi connectivity index (χ2v) is 8.89. The number of nitro groups is 1. The molecule has 2 saturated heterocycles. The number of fused-ring (bicyclic) bond motifs is 4. The number of hydrogen-bond acceptors (Lipinski definition) is 7. The largest absolute Gasteiger partial charge is 0.459 e. The molecule has 152 valence electrons. The third kappa shape index (κ3) is 1.97. The van der Waals surface area contributed by atoms with Gasteiger partial charge in [0.15, 0.2) is 11.3 Å². The van der Waals surface area contributed by atoms with Crippen molar-refractivity contribution in [1.29, 1.82) is 0 Å². The minimum absolute atomic E-state index is 0.0658. The van der Waals surface area contributed by atoms with Crippen molar-refractivity contribution >= 4 is 23.1 Å². The van der Waals surface area contributed by atoms with Crippen LogP contribution in [0.3, 0.4) is 0 Å². The first-order chi connectivity index (χ1) is 13.7. The van der Waals surface area contributed by atoms with Gasteiger partial charge in [-0.25, -0.2) is 4.79 Å². The van der Waals surface area contributed by atoms with Crippen molar-refractivity contribution in [3.63, 3.8) is 0 Å². The lowest BCUT2D eigenvalue weighted by molar-refractivity contribution is -0.384. The first-order valence-electron chi connectivity index (χ1n) is 9.86. The van der Waals surface area contributed by atoms with Gasteiger partial charge in [0.05, 0.1) is 16.9 Å². The Balaban J connectivity index is 1.59. The highest BCUT2D eigenvalue weighted by Gasteiger charge is 2.77. The van der Waals surface area contributed by atoms with E-state index in [4.69, 9.17) is 4.74 Å². The first-order valence-corrected chi connectivity index (χ1v) is 9.86. The topological polar surface area (TPSA) is 110 Å². The van der Waals surface area contributed by atoms with Crippen LogP contribution in [0, 0.1) is 27.4 Å². The Morgan fingerprint density at radius 3 is 2.72 bits per heavy atom. The van der Waals surface area contributed by atoms with Crippen molar-refractivity contribution in [2.24, 2.45) is 17.3 Å². The predicted molar refractivity (Wildman–Crippen MR) is 102 cm³/mol. The average molecular weight is 398 g/mol. The maximum atomic E-state index is 13.1. The molecule has 8 heteroatoms.